The third kappa shape index (κ3) is 3.39. The largest absolute Gasteiger partial charge is 0.479 e. The Balaban J connectivity index is 1.56. The molecule has 1 aromatic heterocycles. The molecule has 0 bridgehead atoms. The highest BCUT2D eigenvalue weighted by Crippen LogP contribution is 2.44. The summed E-state index contributed by atoms with van der Waals surface area (Å²) in [6.45, 7) is 0.0200. The van der Waals surface area contributed by atoms with Gasteiger partial charge in [0.15, 0.2) is 0 Å². The summed E-state index contributed by atoms with van der Waals surface area (Å²) in [4.78, 5) is 28.5. The molecule has 0 amide bonds. The normalized spacial score (nSPS) is 14.5. The van der Waals surface area contributed by atoms with Gasteiger partial charge in [-0.05, 0) is 33.9 Å². The number of aromatic nitrogens is 1. The van der Waals surface area contributed by atoms with Crippen LogP contribution in [-0.4, -0.2) is 34.2 Å². The lowest BCUT2D eigenvalue weighted by Gasteiger charge is -2.24. The summed E-state index contributed by atoms with van der Waals surface area (Å²) in [5, 5.41) is 9.63. The molecule has 0 saturated heterocycles. The van der Waals surface area contributed by atoms with E-state index in [-0.39, 0.29) is 18.9 Å². The van der Waals surface area contributed by atoms with Crippen molar-refractivity contribution in [1.29, 1.82) is 0 Å². The zero-order chi connectivity index (χ0) is 20.4. The van der Waals surface area contributed by atoms with Crippen molar-refractivity contribution in [2.45, 2.75) is 17.9 Å². The van der Waals surface area contributed by atoms with E-state index in [1.807, 2.05) is 48.5 Å². The van der Waals surface area contributed by atoms with Crippen molar-refractivity contribution >= 4 is 11.9 Å². The molecule has 0 fully saturated rings. The molecule has 0 saturated carbocycles. The minimum absolute atomic E-state index is 0.0200. The van der Waals surface area contributed by atoms with Crippen LogP contribution < -0.4 is 5.73 Å². The molecule has 146 valence electrons. The monoisotopic (exact) mass is 388 g/mol. The summed E-state index contributed by atoms with van der Waals surface area (Å²) in [5.74, 6) is -2.56. The number of fused-ring (bicyclic) bond motifs is 3. The van der Waals surface area contributed by atoms with E-state index in [1.165, 1.54) is 6.20 Å². The second-order valence-electron chi connectivity index (χ2n) is 7.14. The maximum atomic E-state index is 12.7. The summed E-state index contributed by atoms with van der Waals surface area (Å²) in [7, 11) is 0. The van der Waals surface area contributed by atoms with Gasteiger partial charge in [-0.2, -0.15) is 0 Å². The van der Waals surface area contributed by atoms with Crippen LogP contribution in [0.2, 0.25) is 0 Å². The van der Waals surface area contributed by atoms with Gasteiger partial charge in [-0.3, -0.25) is 4.98 Å². The van der Waals surface area contributed by atoms with E-state index < -0.39 is 17.5 Å². The number of hydrogen-bond donors (Lipinski definition) is 2. The molecule has 1 aliphatic rings. The molecule has 0 unspecified atom stereocenters. The molecule has 6 nitrogen and oxygen atoms in total. The van der Waals surface area contributed by atoms with Gasteiger partial charge < -0.3 is 15.6 Å². The molecular formula is C23H20N2O4. The van der Waals surface area contributed by atoms with Crippen LogP contribution in [-0.2, 0) is 20.7 Å². The number of ether oxygens (including phenoxy) is 1. The summed E-state index contributed by atoms with van der Waals surface area (Å²) < 4.78 is 5.47. The van der Waals surface area contributed by atoms with Crippen LogP contribution in [0, 0.1) is 0 Å². The first-order valence-corrected chi connectivity index (χ1v) is 9.27. The molecule has 0 radical (unpaired) electrons. The van der Waals surface area contributed by atoms with Crippen molar-refractivity contribution in [3.63, 3.8) is 0 Å². The lowest BCUT2D eigenvalue weighted by Crippen LogP contribution is -2.57. The first-order chi connectivity index (χ1) is 14.0. The number of carbonyl (C=O) groups is 2. The molecule has 6 heteroatoms. The van der Waals surface area contributed by atoms with E-state index in [2.05, 4.69) is 4.98 Å². The summed E-state index contributed by atoms with van der Waals surface area (Å²) >= 11 is 0. The van der Waals surface area contributed by atoms with Crippen LogP contribution in [0.3, 0.4) is 0 Å². The molecular weight excluding hydrogens is 368 g/mol. The number of aliphatic carboxylic acids is 1. The van der Waals surface area contributed by atoms with Gasteiger partial charge >= 0.3 is 11.9 Å². The van der Waals surface area contributed by atoms with Gasteiger partial charge in [0.25, 0.3) is 0 Å². The Labute approximate surface area is 168 Å². The first kappa shape index (κ1) is 18.8. The number of esters is 1. The zero-order valence-electron chi connectivity index (χ0n) is 15.6. The Morgan fingerprint density at radius 1 is 1.00 bits per heavy atom. The number of carboxylic acids is 1. The number of rotatable bonds is 6. The van der Waals surface area contributed by atoms with Crippen molar-refractivity contribution < 1.29 is 19.4 Å². The van der Waals surface area contributed by atoms with Crippen molar-refractivity contribution in [2.75, 3.05) is 6.61 Å². The Morgan fingerprint density at radius 2 is 1.62 bits per heavy atom. The average molecular weight is 388 g/mol. The predicted molar refractivity (Wildman–Crippen MR) is 107 cm³/mol. The smallest absolute Gasteiger partial charge is 0.338 e. The minimum atomic E-state index is -2.18. The minimum Gasteiger partial charge on any atom is -0.479 e. The topological polar surface area (TPSA) is 103 Å². The van der Waals surface area contributed by atoms with Crippen molar-refractivity contribution in [1.82, 2.24) is 4.98 Å². The van der Waals surface area contributed by atoms with Crippen LogP contribution in [0.4, 0.5) is 0 Å². The zero-order valence-corrected chi connectivity index (χ0v) is 15.6. The van der Waals surface area contributed by atoms with Gasteiger partial charge in [-0.15, -0.1) is 0 Å². The molecule has 1 aliphatic carbocycles. The number of benzene rings is 2. The van der Waals surface area contributed by atoms with Gasteiger partial charge in [0.1, 0.15) is 6.61 Å². The Bertz CT molecular complexity index is 1020. The second-order valence-corrected chi connectivity index (χ2v) is 7.14. The summed E-state index contributed by atoms with van der Waals surface area (Å²) in [6, 6.07) is 19.2. The Morgan fingerprint density at radius 3 is 2.17 bits per heavy atom. The molecule has 4 rings (SSSR count). The predicted octanol–water partition coefficient (Wildman–Crippen LogP) is 2.76. The lowest BCUT2D eigenvalue weighted by atomic mass is 9.92. The average Bonchev–Trinajstić information content (AvgIpc) is 3.06. The molecule has 29 heavy (non-hydrogen) atoms. The van der Waals surface area contributed by atoms with Crippen LogP contribution in [0.15, 0.2) is 73.1 Å². The fraction of sp³-hybridized carbons (Fsp3) is 0.174. The highest BCUT2D eigenvalue weighted by molar-refractivity contribution is 6.04. The number of nitrogens with two attached hydrogens (primary N) is 1. The van der Waals surface area contributed by atoms with Gasteiger partial charge in [0, 0.05) is 24.7 Å². The number of carbonyl (C=O) groups excluding carboxylic acids is 1. The molecule has 1 heterocycles. The number of hydrogen-bond acceptors (Lipinski definition) is 5. The van der Waals surface area contributed by atoms with Crippen molar-refractivity contribution in [3.05, 3.63) is 89.7 Å². The lowest BCUT2D eigenvalue weighted by molar-refractivity contribution is -0.161. The highest BCUT2D eigenvalue weighted by atomic mass is 16.5. The number of pyridine rings is 1. The maximum Gasteiger partial charge on any atom is 0.338 e. The molecule has 1 atom stereocenters. The Kier molecular flexibility index (Phi) is 4.86. The fourth-order valence-electron chi connectivity index (χ4n) is 3.79. The van der Waals surface area contributed by atoms with Crippen LogP contribution >= 0.6 is 0 Å². The van der Waals surface area contributed by atoms with Crippen molar-refractivity contribution in [3.8, 4) is 11.1 Å². The second kappa shape index (κ2) is 7.48. The van der Waals surface area contributed by atoms with Crippen LogP contribution in [0.5, 0.6) is 0 Å². The van der Waals surface area contributed by atoms with Gasteiger partial charge in [0.05, 0.1) is 0 Å². The van der Waals surface area contributed by atoms with E-state index >= 15 is 0 Å². The number of carboxylic acid groups (broad SMARTS) is 1. The number of nitrogens with zero attached hydrogens (tertiary/aromatic N) is 1. The SMILES string of the molecule is N[C@@](Cc1cccnc1)(C(=O)O)C(=O)OCC1c2ccccc2-c2ccccc21. The van der Waals surface area contributed by atoms with Crippen molar-refractivity contribution in [2.24, 2.45) is 5.73 Å². The van der Waals surface area contributed by atoms with Crippen LogP contribution in [0.25, 0.3) is 11.1 Å². The standard InChI is InChI=1S/C23H20N2O4/c24-23(21(26)27,12-15-6-5-11-25-13-15)22(28)29-14-20-18-9-3-1-7-16(18)17-8-2-4-10-19(17)20/h1-11,13,20H,12,14,24H2,(H,26,27)/t23-/m0/s1. The molecule has 3 N–H and O–H groups in total. The fourth-order valence-corrected chi connectivity index (χ4v) is 3.79. The van der Waals surface area contributed by atoms with Crippen LogP contribution in [0.1, 0.15) is 22.6 Å². The molecule has 3 aromatic rings. The molecule has 0 aliphatic heterocycles. The molecule has 0 spiro atoms. The molecule has 2 aromatic carbocycles. The van der Waals surface area contributed by atoms with Gasteiger partial charge in [-0.25, -0.2) is 9.59 Å². The third-order valence-electron chi connectivity index (χ3n) is 5.30. The van der Waals surface area contributed by atoms with Gasteiger partial charge in [0.2, 0.25) is 5.54 Å². The Hall–Kier alpha value is -3.51. The van der Waals surface area contributed by atoms with E-state index in [4.69, 9.17) is 10.5 Å². The van der Waals surface area contributed by atoms with E-state index in [9.17, 15) is 14.7 Å². The third-order valence-corrected chi connectivity index (χ3v) is 5.30. The van der Waals surface area contributed by atoms with Gasteiger partial charge in [-0.1, -0.05) is 54.6 Å². The van der Waals surface area contributed by atoms with E-state index in [1.54, 1.807) is 18.3 Å². The quantitative estimate of drug-likeness (QED) is 0.497. The van der Waals surface area contributed by atoms with E-state index in [0.29, 0.717) is 5.56 Å². The van der Waals surface area contributed by atoms with E-state index in [0.717, 1.165) is 22.3 Å². The highest BCUT2D eigenvalue weighted by Gasteiger charge is 2.45. The summed E-state index contributed by atoms with van der Waals surface area (Å²) in [5.41, 5.74) is 8.64. The summed E-state index contributed by atoms with van der Waals surface area (Å²) in [6.07, 6.45) is 2.85. The first-order valence-electron chi connectivity index (χ1n) is 9.27. The maximum absolute atomic E-state index is 12.7.